The van der Waals surface area contributed by atoms with Gasteiger partial charge in [-0.15, -0.1) is 0 Å². The highest BCUT2D eigenvalue weighted by atomic mass is 32.2. The average Bonchev–Trinajstić information content (AvgIpc) is 3.11. The topological polar surface area (TPSA) is 51.1 Å². The van der Waals surface area contributed by atoms with Crippen LogP contribution in [0.3, 0.4) is 0 Å². The standard InChI is InChI=1S/C19H12F2N2O2S/c20-14-6-5-11(7-15(14)21)9-23-10-12(13-3-1-2-4-17(13)23)8-16-18(24)26-19(25)22-16/h1-8,10H,9H2,(H,22,25). The van der Waals surface area contributed by atoms with Gasteiger partial charge in [0.15, 0.2) is 11.6 Å². The Kier molecular flexibility index (Phi) is 4.08. The zero-order valence-corrected chi connectivity index (χ0v) is 14.1. The molecule has 0 unspecified atom stereocenters. The third-order valence-corrected chi connectivity index (χ3v) is 4.79. The van der Waals surface area contributed by atoms with Gasteiger partial charge in [0, 0.05) is 41.0 Å². The molecule has 0 spiro atoms. The van der Waals surface area contributed by atoms with Crippen molar-refractivity contribution < 1.29 is 18.4 Å². The molecular weight excluding hydrogens is 358 g/mol. The Bertz CT molecular complexity index is 1090. The molecule has 4 nitrogen and oxygen atoms in total. The summed E-state index contributed by atoms with van der Waals surface area (Å²) >= 11 is 0.624. The molecule has 0 atom stereocenters. The molecule has 1 fully saturated rings. The number of hydrogen-bond acceptors (Lipinski definition) is 3. The van der Waals surface area contributed by atoms with Crippen molar-refractivity contribution in [1.29, 1.82) is 0 Å². The molecule has 7 heteroatoms. The molecule has 4 rings (SSSR count). The van der Waals surface area contributed by atoms with Crippen LogP contribution in [0.15, 0.2) is 54.4 Å². The van der Waals surface area contributed by atoms with Crippen LogP contribution in [-0.4, -0.2) is 14.9 Å². The molecule has 0 saturated carbocycles. The third kappa shape index (κ3) is 3.01. The summed E-state index contributed by atoms with van der Waals surface area (Å²) in [4.78, 5) is 23.2. The van der Waals surface area contributed by atoms with Gasteiger partial charge in [0.1, 0.15) is 0 Å². The molecular formula is C19H12F2N2O2S. The summed E-state index contributed by atoms with van der Waals surface area (Å²) in [7, 11) is 0. The van der Waals surface area contributed by atoms with E-state index in [1.54, 1.807) is 6.08 Å². The number of rotatable bonds is 3. The van der Waals surface area contributed by atoms with E-state index in [-0.39, 0.29) is 10.8 Å². The minimum absolute atomic E-state index is 0.232. The van der Waals surface area contributed by atoms with Crippen LogP contribution >= 0.6 is 11.8 Å². The number of amides is 1. The Labute approximate surface area is 151 Å². The molecule has 1 aromatic heterocycles. The van der Waals surface area contributed by atoms with Crippen LogP contribution in [0.25, 0.3) is 17.0 Å². The lowest BCUT2D eigenvalue weighted by atomic mass is 10.1. The molecule has 2 aromatic carbocycles. The van der Waals surface area contributed by atoms with Crippen molar-refractivity contribution in [2.24, 2.45) is 0 Å². The van der Waals surface area contributed by atoms with Crippen molar-refractivity contribution in [3.05, 3.63) is 77.1 Å². The highest BCUT2D eigenvalue weighted by Crippen LogP contribution is 2.27. The number of nitrogens with one attached hydrogen (secondary N) is 1. The molecule has 0 bridgehead atoms. The molecule has 1 amide bonds. The Morgan fingerprint density at radius 3 is 2.62 bits per heavy atom. The minimum atomic E-state index is -0.891. The van der Waals surface area contributed by atoms with Crippen molar-refractivity contribution in [2.75, 3.05) is 0 Å². The fourth-order valence-electron chi connectivity index (χ4n) is 2.93. The van der Waals surface area contributed by atoms with Gasteiger partial charge in [0.2, 0.25) is 5.12 Å². The van der Waals surface area contributed by atoms with Gasteiger partial charge in [0.25, 0.3) is 5.24 Å². The number of carbonyl (C=O) groups is 2. The van der Waals surface area contributed by atoms with E-state index in [2.05, 4.69) is 5.32 Å². The first kappa shape index (κ1) is 16.5. The van der Waals surface area contributed by atoms with Gasteiger partial charge in [0.05, 0.1) is 5.70 Å². The molecule has 0 aliphatic carbocycles. The van der Waals surface area contributed by atoms with Gasteiger partial charge in [-0.2, -0.15) is 0 Å². The molecule has 1 aliphatic rings. The van der Waals surface area contributed by atoms with Crippen LogP contribution in [0.5, 0.6) is 0 Å². The maximum Gasteiger partial charge on any atom is 0.291 e. The number of fused-ring (bicyclic) bond motifs is 1. The van der Waals surface area contributed by atoms with Crippen molar-refractivity contribution >= 4 is 39.1 Å². The van der Waals surface area contributed by atoms with E-state index in [0.29, 0.717) is 23.9 Å². The molecule has 1 N–H and O–H groups in total. The van der Waals surface area contributed by atoms with Crippen LogP contribution in [-0.2, 0) is 11.3 Å². The summed E-state index contributed by atoms with van der Waals surface area (Å²) in [6.45, 7) is 0.343. The number of aromatic nitrogens is 1. The van der Waals surface area contributed by atoms with E-state index in [1.807, 2.05) is 35.0 Å². The van der Waals surface area contributed by atoms with E-state index in [1.165, 1.54) is 12.1 Å². The number of para-hydroxylation sites is 1. The van der Waals surface area contributed by atoms with E-state index < -0.39 is 16.9 Å². The summed E-state index contributed by atoms with van der Waals surface area (Å²) in [6, 6.07) is 11.3. The maximum atomic E-state index is 13.5. The van der Waals surface area contributed by atoms with Gasteiger partial charge in [-0.3, -0.25) is 9.59 Å². The average molecular weight is 370 g/mol. The zero-order valence-electron chi connectivity index (χ0n) is 13.3. The second-order valence-corrected chi connectivity index (χ2v) is 6.78. The van der Waals surface area contributed by atoms with Gasteiger partial charge < -0.3 is 9.88 Å². The van der Waals surface area contributed by atoms with E-state index in [4.69, 9.17) is 0 Å². The second-order valence-electron chi connectivity index (χ2n) is 5.84. The lowest BCUT2D eigenvalue weighted by molar-refractivity contribution is -0.107. The first-order valence-electron chi connectivity index (χ1n) is 7.78. The lowest BCUT2D eigenvalue weighted by Gasteiger charge is -2.06. The fraction of sp³-hybridized carbons (Fsp3) is 0.0526. The van der Waals surface area contributed by atoms with Crippen LogP contribution in [0.1, 0.15) is 11.1 Å². The normalized spacial score (nSPS) is 15.8. The van der Waals surface area contributed by atoms with Gasteiger partial charge in [-0.05, 0) is 29.8 Å². The zero-order chi connectivity index (χ0) is 18.3. The van der Waals surface area contributed by atoms with E-state index >= 15 is 0 Å². The summed E-state index contributed by atoms with van der Waals surface area (Å²) < 4.78 is 28.5. The second kappa shape index (κ2) is 6.42. The predicted octanol–water partition coefficient (Wildman–Crippen LogP) is 4.29. The molecule has 1 aliphatic heterocycles. The van der Waals surface area contributed by atoms with Crippen molar-refractivity contribution in [3.8, 4) is 0 Å². The Balaban J connectivity index is 1.77. The monoisotopic (exact) mass is 370 g/mol. The molecule has 26 heavy (non-hydrogen) atoms. The first-order valence-corrected chi connectivity index (χ1v) is 8.59. The van der Waals surface area contributed by atoms with Crippen molar-refractivity contribution in [3.63, 3.8) is 0 Å². The third-order valence-electron chi connectivity index (χ3n) is 4.10. The number of carbonyl (C=O) groups excluding carboxylic acids is 2. The Morgan fingerprint density at radius 1 is 1.08 bits per heavy atom. The summed E-state index contributed by atoms with van der Waals surface area (Å²) in [6.07, 6.45) is 3.45. The largest absolute Gasteiger partial charge is 0.342 e. The molecule has 3 aromatic rings. The maximum absolute atomic E-state index is 13.5. The number of hydrogen-bond donors (Lipinski definition) is 1. The number of halogens is 2. The summed E-state index contributed by atoms with van der Waals surface area (Å²) in [5.74, 6) is -1.78. The molecule has 2 heterocycles. The number of benzene rings is 2. The first-order chi connectivity index (χ1) is 12.5. The number of nitrogens with zero attached hydrogens (tertiary/aromatic N) is 1. The smallest absolute Gasteiger partial charge is 0.291 e. The Hall–Kier alpha value is -2.93. The molecule has 130 valence electrons. The van der Waals surface area contributed by atoms with Gasteiger partial charge in [-0.25, -0.2) is 8.78 Å². The van der Waals surface area contributed by atoms with Gasteiger partial charge in [-0.1, -0.05) is 24.3 Å². The quantitative estimate of drug-likeness (QED) is 0.700. The summed E-state index contributed by atoms with van der Waals surface area (Å²) in [5, 5.41) is 2.69. The SMILES string of the molecule is O=C1NC(=Cc2cn(Cc3ccc(F)c(F)c3)c3ccccc23)C(=O)S1. The Morgan fingerprint density at radius 2 is 1.88 bits per heavy atom. The number of thioether (sulfide) groups is 1. The predicted molar refractivity (Wildman–Crippen MR) is 96.5 cm³/mol. The van der Waals surface area contributed by atoms with E-state index in [0.717, 1.165) is 22.5 Å². The molecule has 1 saturated heterocycles. The fourth-order valence-corrected chi connectivity index (χ4v) is 3.48. The van der Waals surface area contributed by atoms with E-state index in [9.17, 15) is 18.4 Å². The van der Waals surface area contributed by atoms with Gasteiger partial charge >= 0.3 is 0 Å². The minimum Gasteiger partial charge on any atom is -0.342 e. The summed E-state index contributed by atoms with van der Waals surface area (Å²) in [5.41, 5.74) is 2.49. The highest BCUT2D eigenvalue weighted by Gasteiger charge is 2.25. The van der Waals surface area contributed by atoms with Crippen LogP contribution in [0.4, 0.5) is 13.6 Å². The van der Waals surface area contributed by atoms with Crippen LogP contribution < -0.4 is 5.32 Å². The highest BCUT2D eigenvalue weighted by molar-refractivity contribution is 8.27. The van der Waals surface area contributed by atoms with Crippen LogP contribution in [0.2, 0.25) is 0 Å². The lowest BCUT2D eigenvalue weighted by Crippen LogP contribution is -2.10. The van der Waals surface area contributed by atoms with Crippen LogP contribution in [0, 0.1) is 11.6 Å². The van der Waals surface area contributed by atoms with Crippen molar-refractivity contribution in [2.45, 2.75) is 6.54 Å². The van der Waals surface area contributed by atoms with Crippen molar-refractivity contribution in [1.82, 2.24) is 9.88 Å². The molecule has 0 radical (unpaired) electrons.